The van der Waals surface area contributed by atoms with Gasteiger partial charge in [0.1, 0.15) is 0 Å². The second-order valence-electron chi connectivity index (χ2n) is 6.41. The van der Waals surface area contributed by atoms with E-state index in [-0.39, 0.29) is 18.2 Å². The van der Waals surface area contributed by atoms with Gasteiger partial charge in [-0.1, -0.05) is 32.0 Å². The van der Waals surface area contributed by atoms with Gasteiger partial charge in [-0.05, 0) is 49.2 Å². The molecule has 0 aliphatic carbocycles. The third-order valence-corrected chi connectivity index (χ3v) is 4.66. The van der Waals surface area contributed by atoms with Crippen LogP contribution in [0.2, 0.25) is 0 Å². The summed E-state index contributed by atoms with van der Waals surface area (Å²) in [6.07, 6.45) is 0.913. The van der Waals surface area contributed by atoms with E-state index in [2.05, 4.69) is 10.6 Å². The number of amides is 2. The van der Waals surface area contributed by atoms with Crippen LogP contribution in [0.25, 0.3) is 0 Å². The monoisotopic (exact) mass is 368 g/mol. The molecule has 2 aromatic carbocycles. The highest BCUT2D eigenvalue weighted by atomic mass is 16.4. The van der Waals surface area contributed by atoms with Crippen LogP contribution in [0.15, 0.2) is 54.6 Å². The van der Waals surface area contributed by atoms with E-state index in [4.69, 9.17) is 5.11 Å². The Hall–Kier alpha value is -3.15. The molecule has 3 N–H and O–H groups in total. The lowest BCUT2D eigenvalue weighted by atomic mass is 9.88. The molecule has 0 aliphatic rings. The van der Waals surface area contributed by atoms with Crippen molar-refractivity contribution in [3.63, 3.8) is 0 Å². The molecule has 0 aliphatic heterocycles. The van der Waals surface area contributed by atoms with Crippen molar-refractivity contribution < 1.29 is 19.5 Å². The molecule has 0 spiro atoms. The molecule has 0 radical (unpaired) electrons. The smallest absolute Gasteiger partial charge is 0.305 e. The second kappa shape index (κ2) is 8.98. The number of anilines is 1. The van der Waals surface area contributed by atoms with Gasteiger partial charge in [-0.25, -0.2) is 0 Å². The number of aliphatic carboxylic acids is 1. The van der Waals surface area contributed by atoms with Crippen molar-refractivity contribution in [3.8, 4) is 0 Å². The van der Waals surface area contributed by atoms with Crippen LogP contribution in [0.4, 0.5) is 5.69 Å². The maximum absolute atomic E-state index is 12.5. The highest BCUT2D eigenvalue weighted by Crippen LogP contribution is 2.21. The summed E-state index contributed by atoms with van der Waals surface area (Å²) < 4.78 is 0. The van der Waals surface area contributed by atoms with Crippen LogP contribution in [0.5, 0.6) is 0 Å². The summed E-state index contributed by atoms with van der Waals surface area (Å²) in [6.45, 7) is 3.71. The standard InChI is InChI=1S/C21H24N2O4/c1-3-21(4-2,14-18(24)25)23-20(27)16-10-12-17(13-11-16)22-19(26)15-8-6-5-7-9-15/h5-13H,3-4,14H2,1-2H3,(H,22,26)(H,23,27)(H,24,25). The van der Waals surface area contributed by atoms with E-state index in [9.17, 15) is 14.4 Å². The maximum atomic E-state index is 12.5. The fourth-order valence-electron chi connectivity index (χ4n) is 2.82. The molecule has 0 fully saturated rings. The third kappa shape index (κ3) is 5.41. The minimum atomic E-state index is -0.946. The Morgan fingerprint density at radius 3 is 1.93 bits per heavy atom. The van der Waals surface area contributed by atoms with E-state index in [0.717, 1.165) is 0 Å². The molecule has 0 saturated carbocycles. The van der Waals surface area contributed by atoms with E-state index in [1.54, 1.807) is 48.5 Å². The van der Waals surface area contributed by atoms with Crippen LogP contribution in [0.1, 0.15) is 53.8 Å². The minimum Gasteiger partial charge on any atom is -0.481 e. The number of hydrogen-bond donors (Lipinski definition) is 3. The van der Waals surface area contributed by atoms with Crippen LogP contribution in [0.3, 0.4) is 0 Å². The molecule has 2 amide bonds. The van der Waals surface area contributed by atoms with Crippen LogP contribution < -0.4 is 10.6 Å². The molecule has 27 heavy (non-hydrogen) atoms. The highest BCUT2D eigenvalue weighted by molar-refractivity contribution is 6.04. The van der Waals surface area contributed by atoms with E-state index >= 15 is 0 Å². The fraction of sp³-hybridized carbons (Fsp3) is 0.286. The van der Waals surface area contributed by atoms with Gasteiger partial charge in [0.15, 0.2) is 0 Å². The Labute approximate surface area is 158 Å². The number of carbonyl (C=O) groups is 3. The van der Waals surface area contributed by atoms with Gasteiger partial charge in [0.25, 0.3) is 11.8 Å². The molecular formula is C21H24N2O4. The largest absolute Gasteiger partial charge is 0.481 e. The average Bonchev–Trinajstić information content (AvgIpc) is 2.68. The predicted molar refractivity (Wildman–Crippen MR) is 104 cm³/mol. The molecule has 2 rings (SSSR count). The normalized spacial score (nSPS) is 10.9. The van der Waals surface area contributed by atoms with E-state index in [0.29, 0.717) is 29.7 Å². The number of carboxylic acid groups (broad SMARTS) is 1. The van der Waals surface area contributed by atoms with Gasteiger partial charge in [-0.3, -0.25) is 14.4 Å². The lowest BCUT2D eigenvalue weighted by Crippen LogP contribution is -2.49. The van der Waals surface area contributed by atoms with Crippen LogP contribution >= 0.6 is 0 Å². The van der Waals surface area contributed by atoms with Crippen molar-refractivity contribution >= 4 is 23.5 Å². The summed E-state index contributed by atoms with van der Waals surface area (Å²) in [6, 6.07) is 15.3. The van der Waals surface area contributed by atoms with Crippen LogP contribution in [-0.2, 0) is 4.79 Å². The topological polar surface area (TPSA) is 95.5 Å². The Morgan fingerprint density at radius 1 is 0.852 bits per heavy atom. The van der Waals surface area contributed by atoms with Gasteiger partial charge in [-0.15, -0.1) is 0 Å². The van der Waals surface area contributed by atoms with Crippen molar-refractivity contribution in [2.24, 2.45) is 0 Å². The number of carbonyl (C=O) groups excluding carboxylic acids is 2. The first-order chi connectivity index (χ1) is 12.9. The Morgan fingerprint density at radius 2 is 1.41 bits per heavy atom. The van der Waals surface area contributed by atoms with Crippen molar-refractivity contribution in [2.75, 3.05) is 5.32 Å². The van der Waals surface area contributed by atoms with Crippen molar-refractivity contribution in [1.29, 1.82) is 0 Å². The van der Waals surface area contributed by atoms with E-state index in [1.165, 1.54) is 0 Å². The second-order valence-corrected chi connectivity index (χ2v) is 6.41. The zero-order chi connectivity index (χ0) is 19.9. The summed E-state index contributed by atoms with van der Waals surface area (Å²) >= 11 is 0. The first kappa shape index (κ1) is 20.2. The van der Waals surface area contributed by atoms with E-state index in [1.807, 2.05) is 19.9 Å². The third-order valence-electron chi connectivity index (χ3n) is 4.66. The summed E-state index contributed by atoms with van der Waals surface area (Å²) in [7, 11) is 0. The zero-order valence-corrected chi connectivity index (χ0v) is 15.5. The number of hydrogen-bond acceptors (Lipinski definition) is 3. The Kier molecular flexibility index (Phi) is 6.71. The Balaban J connectivity index is 2.06. The molecule has 0 atom stereocenters. The SMILES string of the molecule is CCC(CC)(CC(=O)O)NC(=O)c1ccc(NC(=O)c2ccccc2)cc1. The Bertz CT molecular complexity index is 797. The summed E-state index contributed by atoms with van der Waals surface area (Å²) in [4.78, 5) is 35.8. The van der Waals surface area contributed by atoms with Crippen molar-refractivity contribution in [1.82, 2.24) is 5.32 Å². The van der Waals surface area contributed by atoms with Gasteiger partial charge >= 0.3 is 5.97 Å². The highest BCUT2D eigenvalue weighted by Gasteiger charge is 2.31. The number of carboxylic acids is 1. The first-order valence-corrected chi connectivity index (χ1v) is 8.90. The van der Waals surface area contributed by atoms with Crippen LogP contribution in [-0.4, -0.2) is 28.4 Å². The number of nitrogens with one attached hydrogen (secondary N) is 2. The lowest BCUT2D eigenvalue weighted by Gasteiger charge is -2.31. The minimum absolute atomic E-state index is 0.128. The molecule has 2 aromatic rings. The fourth-order valence-corrected chi connectivity index (χ4v) is 2.82. The van der Waals surface area contributed by atoms with Gasteiger partial charge in [0, 0.05) is 16.8 Å². The van der Waals surface area contributed by atoms with Crippen molar-refractivity contribution in [2.45, 2.75) is 38.6 Å². The molecular weight excluding hydrogens is 344 g/mol. The lowest BCUT2D eigenvalue weighted by molar-refractivity contribution is -0.138. The molecule has 0 unspecified atom stereocenters. The maximum Gasteiger partial charge on any atom is 0.305 e. The average molecular weight is 368 g/mol. The summed E-state index contributed by atoms with van der Waals surface area (Å²) in [5.41, 5.74) is 0.750. The quantitative estimate of drug-likeness (QED) is 0.662. The van der Waals surface area contributed by atoms with Gasteiger partial charge in [0.05, 0.1) is 12.0 Å². The molecule has 0 aromatic heterocycles. The molecule has 142 valence electrons. The summed E-state index contributed by atoms with van der Waals surface area (Å²) in [5.74, 6) is -1.51. The molecule has 6 nitrogen and oxygen atoms in total. The number of benzene rings is 2. The predicted octanol–water partition coefficient (Wildman–Crippen LogP) is 3.70. The molecule has 6 heteroatoms. The molecule has 0 saturated heterocycles. The molecule has 0 heterocycles. The van der Waals surface area contributed by atoms with E-state index < -0.39 is 11.5 Å². The van der Waals surface area contributed by atoms with Crippen molar-refractivity contribution in [3.05, 3.63) is 65.7 Å². The summed E-state index contributed by atoms with van der Waals surface area (Å²) in [5, 5.41) is 14.7. The van der Waals surface area contributed by atoms with Gasteiger partial charge < -0.3 is 15.7 Å². The zero-order valence-electron chi connectivity index (χ0n) is 15.5. The first-order valence-electron chi connectivity index (χ1n) is 8.90. The van der Waals surface area contributed by atoms with Gasteiger partial charge in [-0.2, -0.15) is 0 Å². The number of rotatable bonds is 8. The van der Waals surface area contributed by atoms with Crippen LogP contribution in [0, 0.1) is 0 Å². The molecule has 0 bridgehead atoms. The van der Waals surface area contributed by atoms with Gasteiger partial charge in [0.2, 0.25) is 0 Å².